The van der Waals surface area contributed by atoms with E-state index in [1.54, 1.807) is 19.9 Å². The normalized spacial score (nSPS) is 25.9. The Hall–Kier alpha value is -2.28. The summed E-state index contributed by atoms with van der Waals surface area (Å²) in [5.74, 6) is -5.10. The fourth-order valence-electron chi connectivity index (χ4n) is 3.76. The van der Waals surface area contributed by atoms with Crippen LogP contribution in [0, 0.1) is 5.41 Å². The molecule has 140 valence electrons. The fourth-order valence-corrected chi connectivity index (χ4v) is 3.76. The van der Waals surface area contributed by atoms with Gasteiger partial charge in [-0.1, -0.05) is 44.2 Å². The summed E-state index contributed by atoms with van der Waals surface area (Å²) in [6, 6.07) is 7.01. The number of ether oxygens (including phenoxy) is 1. The zero-order valence-electron chi connectivity index (χ0n) is 14.8. The molecule has 1 fully saturated rings. The molecule has 0 aromatic heterocycles. The van der Waals surface area contributed by atoms with Gasteiger partial charge in [0, 0.05) is 17.5 Å². The van der Waals surface area contributed by atoms with Gasteiger partial charge in [0.2, 0.25) is 0 Å². The van der Waals surface area contributed by atoms with E-state index in [0.29, 0.717) is 0 Å². The first kappa shape index (κ1) is 18.5. The highest BCUT2D eigenvalue weighted by atomic mass is 19.3. The second-order valence-electron chi connectivity index (χ2n) is 7.57. The molecule has 0 saturated carbocycles. The molecule has 1 heterocycles. The number of rotatable bonds is 2. The lowest BCUT2D eigenvalue weighted by atomic mass is 9.71. The van der Waals surface area contributed by atoms with Gasteiger partial charge in [-0.3, -0.25) is 9.59 Å². The Kier molecular flexibility index (Phi) is 4.38. The van der Waals surface area contributed by atoms with Crippen LogP contribution in [0.25, 0.3) is 0 Å². The number of benzene rings is 1. The zero-order valence-corrected chi connectivity index (χ0v) is 14.8. The molecular formula is C19H22F2N2O3. The van der Waals surface area contributed by atoms with Gasteiger partial charge in [-0.05, 0) is 12.5 Å². The van der Waals surface area contributed by atoms with Crippen molar-refractivity contribution in [1.82, 2.24) is 4.90 Å². The summed E-state index contributed by atoms with van der Waals surface area (Å²) in [5, 5.41) is 0. The van der Waals surface area contributed by atoms with Crippen LogP contribution in [0.4, 0.5) is 8.78 Å². The van der Waals surface area contributed by atoms with Crippen molar-refractivity contribution in [2.24, 2.45) is 11.1 Å². The third kappa shape index (κ3) is 3.11. The maximum absolute atomic E-state index is 14.7. The van der Waals surface area contributed by atoms with E-state index < -0.39 is 22.8 Å². The number of nitrogens with two attached hydrogens (primary N) is 1. The van der Waals surface area contributed by atoms with Gasteiger partial charge in [-0.15, -0.1) is 0 Å². The number of amides is 1. The SMILES string of the molecule is CC1(C)CC2(C=C(N)C1=O)CN(C(=O)C(F)(F)c1ccccc1)CCO2. The number of nitrogens with zero attached hydrogens (tertiary/aromatic N) is 1. The molecule has 5 nitrogen and oxygen atoms in total. The van der Waals surface area contributed by atoms with E-state index in [0.717, 1.165) is 4.90 Å². The van der Waals surface area contributed by atoms with E-state index in [2.05, 4.69) is 0 Å². The number of ketones is 1. The summed E-state index contributed by atoms with van der Waals surface area (Å²) in [6.45, 7) is 3.57. The predicted octanol–water partition coefficient (Wildman–Crippen LogP) is 2.22. The third-order valence-electron chi connectivity index (χ3n) is 4.94. The van der Waals surface area contributed by atoms with E-state index in [1.165, 1.54) is 30.3 Å². The summed E-state index contributed by atoms with van der Waals surface area (Å²) in [4.78, 5) is 25.8. The molecule has 3 rings (SSSR count). The molecule has 0 radical (unpaired) electrons. The van der Waals surface area contributed by atoms with Gasteiger partial charge in [-0.2, -0.15) is 8.78 Å². The van der Waals surface area contributed by atoms with E-state index in [4.69, 9.17) is 10.5 Å². The molecule has 26 heavy (non-hydrogen) atoms. The number of alkyl halides is 2. The number of hydrogen-bond acceptors (Lipinski definition) is 4. The van der Waals surface area contributed by atoms with Crippen molar-refractivity contribution in [2.75, 3.05) is 19.7 Å². The summed E-state index contributed by atoms with van der Waals surface area (Å²) in [6.07, 6.45) is 1.75. The summed E-state index contributed by atoms with van der Waals surface area (Å²) in [7, 11) is 0. The van der Waals surface area contributed by atoms with Crippen LogP contribution in [0.15, 0.2) is 42.1 Å². The molecule has 1 spiro atoms. The molecule has 7 heteroatoms. The van der Waals surface area contributed by atoms with Crippen LogP contribution < -0.4 is 5.73 Å². The highest BCUT2D eigenvalue weighted by Gasteiger charge is 2.51. The topological polar surface area (TPSA) is 72.6 Å². The van der Waals surface area contributed by atoms with Crippen LogP contribution >= 0.6 is 0 Å². The second-order valence-corrected chi connectivity index (χ2v) is 7.57. The van der Waals surface area contributed by atoms with Crippen molar-refractivity contribution in [2.45, 2.75) is 31.8 Å². The molecule has 1 aliphatic carbocycles. The van der Waals surface area contributed by atoms with Gasteiger partial charge in [0.15, 0.2) is 5.78 Å². The van der Waals surface area contributed by atoms with Gasteiger partial charge >= 0.3 is 5.92 Å². The standard InChI is InChI=1S/C19H22F2N2O3/c1-17(2)11-18(10-14(22)15(17)24)12-23(8-9-26-18)16(25)19(20,21)13-6-4-3-5-7-13/h3-7,10H,8-9,11-12,22H2,1-2H3. The van der Waals surface area contributed by atoms with E-state index in [9.17, 15) is 18.4 Å². The lowest BCUT2D eigenvalue weighted by Crippen LogP contribution is -2.59. The Labute approximate surface area is 150 Å². The van der Waals surface area contributed by atoms with Crippen LogP contribution in [-0.2, 0) is 20.2 Å². The predicted molar refractivity (Wildman–Crippen MR) is 91.3 cm³/mol. The monoisotopic (exact) mass is 364 g/mol. The minimum absolute atomic E-state index is 0.0466. The Bertz CT molecular complexity index is 761. The van der Waals surface area contributed by atoms with Gasteiger partial charge in [0.1, 0.15) is 5.60 Å². The van der Waals surface area contributed by atoms with Crippen molar-refractivity contribution in [3.8, 4) is 0 Å². The van der Waals surface area contributed by atoms with Crippen LogP contribution in [0.3, 0.4) is 0 Å². The minimum atomic E-state index is -3.63. The number of halogens is 2. The number of allylic oxidation sites excluding steroid dienone is 1. The number of Topliss-reactive ketones (excluding diaryl/α,β-unsaturated/α-hetero) is 1. The average molecular weight is 364 g/mol. The molecule has 1 atom stereocenters. The maximum atomic E-state index is 14.7. The van der Waals surface area contributed by atoms with Crippen molar-refractivity contribution in [1.29, 1.82) is 0 Å². The summed E-state index contributed by atoms with van der Waals surface area (Å²) in [5.41, 5.74) is 3.73. The van der Waals surface area contributed by atoms with Gasteiger partial charge < -0.3 is 15.4 Å². The molecule has 1 aliphatic heterocycles. The molecule has 0 bridgehead atoms. The van der Waals surface area contributed by atoms with Crippen LogP contribution in [-0.4, -0.2) is 41.9 Å². The Balaban J connectivity index is 1.87. The molecule has 1 unspecified atom stereocenters. The van der Waals surface area contributed by atoms with Gasteiger partial charge in [0.25, 0.3) is 5.91 Å². The smallest absolute Gasteiger partial charge is 0.349 e. The summed E-state index contributed by atoms with van der Waals surface area (Å²) >= 11 is 0. The first-order valence-corrected chi connectivity index (χ1v) is 8.47. The summed E-state index contributed by atoms with van der Waals surface area (Å²) < 4.78 is 35.1. The van der Waals surface area contributed by atoms with E-state index in [-0.39, 0.29) is 43.2 Å². The van der Waals surface area contributed by atoms with Gasteiger partial charge in [-0.25, -0.2) is 0 Å². The molecule has 1 aromatic rings. The van der Waals surface area contributed by atoms with Crippen molar-refractivity contribution >= 4 is 11.7 Å². The Morgan fingerprint density at radius 1 is 1.27 bits per heavy atom. The van der Waals surface area contributed by atoms with Crippen molar-refractivity contribution in [3.63, 3.8) is 0 Å². The molecule has 1 aromatic carbocycles. The molecular weight excluding hydrogens is 342 g/mol. The quantitative estimate of drug-likeness (QED) is 0.873. The minimum Gasteiger partial charge on any atom is -0.396 e. The number of carbonyl (C=O) groups excluding carboxylic acids is 2. The van der Waals surface area contributed by atoms with Crippen LogP contribution in [0.5, 0.6) is 0 Å². The Morgan fingerprint density at radius 2 is 1.92 bits per heavy atom. The maximum Gasteiger partial charge on any atom is 0.349 e. The first-order chi connectivity index (χ1) is 12.1. The highest BCUT2D eigenvalue weighted by Crippen LogP contribution is 2.41. The fraction of sp³-hybridized carbons (Fsp3) is 0.474. The molecule has 2 N–H and O–H groups in total. The molecule has 1 amide bonds. The van der Waals surface area contributed by atoms with Crippen LogP contribution in [0.2, 0.25) is 0 Å². The van der Waals surface area contributed by atoms with Gasteiger partial charge in [0.05, 0.1) is 18.8 Å². The van der Waals surface area contributed by atoms with Crippen molar-refractivity contribution in [3.05, 3.63) is 47.7 Å². The molecule has 1 saturated heterocycles. The zero-order chi connectivity index (χ0) is 19.2. The lowest BCUT2D eigenvalue weighted by molar-refractivity contribution is -0.173. The average Bonchev–Trinajstić information content (AvgIpc) is 2.59. The largest absolute Gasteiger partial charge is 0.396 e. The highest BCUT2D eigenvalue weighted by molar-refractivity contribution is 6.00. The number of hydrogen-bond donors (Lipinski definition) is 1. The third-order valence-corrected chi connectivity index (χ3v) is 4.94. The van der Waals surface area contributed by atoms with Crippen molar-refractivity contribution < 1.29 is 23.1 Å². The van der Waals surface area contributed by atoms with Crippen LogP contribution in [0.1, 0.15) is 25.8 Å². The Morgan fingerprint density at radius 3 is 2.54 bits per heavy atom. The first-order valence-electron chi connectivity index (χ1n) is 8.47. The molecule has 2 aliphatic rings. The number of carbonyl (C=O) groups is 2. The van der Waals surface area contributed by atoms with E-state index in [1.807, 2.05) is 0 Å². The van der Waals surface area contributed by atoms with E-state index >= 15 is 0 Å². The lowest BCUT2D eigenvalue weighted by Gasteiger charge is -2.47. The number of morpholine rings is 1. The second kappa shape index (κ2) is 6.16.